The van der Waals surface area contributed by atoms with Gasteiger partial charge in [0.15, 0.2) is 6.10 Å². The van der Waals surface area contributed by atoms with Crippen molar-refractivity contribution in [3.63, 3.8) is 0 Å². The summed E-state index contributed by atoms with van der Waals surface area (Å²) in [6, 6.07) is 0. The quantitative estimate of drug-likeness (QED) is 0.0200. The van der Waals surface area contributed by atoms with E-state index in [-0.39, 0.29) is 37.5 Å². The number of carbonyl (C=O) groups excluding carboxylic acids is 3. The van der Waals surface area contributed by atoms with Gasteiger partial charge >= 0.3 is 17.9 Å². The maximum Gasteiger partial charge on any atom is 0.306 e. The maximum atomic E-state index is 12.8. The van der Waals surface area contributed by atoms with Gasteiger partial charge in [-0.05, 0) is 89.9 Å². The molecule has 1 unspecified atom stereocenters. The molecule has 0 amide bonds. The molecule has 0 aromatic rings. The monoisotopic (exact) mass is 859 g/mol. The van der Waals surface area contributed by atoms with E-state index in [1.165, 1.54) is 77.0 Å². The van der Waals surface area contributed by atoms with E-state index in [0.717, 1.165) is 83.5 Å². The summed E-state index contributed by atoms with van der Waals surface area (Å²) < 4.78 is 16.7. The first-order valence-corrected chi connectivity index (χ1v) is 25.0. The van der Waals surface area contributed by atoms with E-state index in [0.29, 0.717) is 19.3 Å². The first-order chi connectivity index (χ1) is 30.5. The number of esters is 3. The molecule has 0 spiro atoms. The topological polar surface area (TPSA) is 78.9 Å². The molecular formula is C56H90O6. The van der Waals surface area contributed by atoms with Crippen molar-refractivity contribution in [2.24, 2.45) is 0 Å². The predicted octanol–water partition coefficient (Wildman–Crippen LogP) is 16.4. The molecule has 0 radical (unpaired) electrons. The van der Waals surface area contributed by atoms with E-state index in [2.05, 4.69) is 75.5 Å². The van der Waals surface area contributed by atoms with Gasteiger partial charge in [0.1, 0.15) is 13.2 Å². The van der Waals surface area contributed by atoms with Crippen molar-refractivity contribution in [1.82, 2.24) is 0 Å². The molecule has 1 atom stereocenters. The molecule has 0 N–H and O–H groups in total. The molecule has 0 aromatic heterocycles. The zero-order valence-electron chi connectivity index (χ0n) is 39.8. The Morgan fingerprint density at radius 2 is 0.726 bits per heavy atom. The average Bonchev–Trinajstić information content (AvgIpc) is 3.27. The van der Waals surface area contributed by atoms with Crippen molar-refractivity contribution >= 4 is 17.9 Å². The molecule has 0 aliphatic heterocycles. The van der Waals surface area contributed by atoms with Crippen molar-refractivity contribution in [3.8, 4) is 0 Å². The first kappa shape index (κ1) is 58.1. The SMILES string of the molecule is CC\C=C/C=C\C=C/C=C\C=C/CCCC(=O)OCC(COC(=O)CCCCCCCCC/C=C\C/C=C\CCCCC)OC(=O)CCCCCCCCC/C=C\C/C=C\CC. The van der Waals surface area contributed by atoms with Crippen molar-refractivity contribution < 1.29 is 28.6 Å². The van der Waals surface area contributed by atoms with E-state index < -0.39 is 6.10 Å². The Kier molecular flexibility index (Phi) is 46.6. The highest BCUT2D eigenvalue weighted by atomic mass is 16.6. The van der Waals surface area contributed by atoms with Crippen LogP contribution in [0, 0.1) is 0 Å². The normalized spacial score (nSPS) is 13.0. The third kappa shape index (κ3) is 47.1. The van der Waals surface area contributed by atoms with Crippen molar-refractivity contribution in [2.75, 3.05) is 13.2 Å². The Labute approximate surface area is 380 Å². The summed E-state index contributed by atoms with van der Waals surface area (Å²) in [5.74, 6) is -1.01. The number of rotatable bonds is 43. The van der Waals surface area contributed by atoms with Gasteiger partial charge in [0.05, 0.1) is 0 Å². The second-order valence-electron chi connectivity index (χ2n) is 16.1. The molecule has 0 saturated heterocycles. The molecular weight excluding hydrogens is 769 g/mol. The van der Waals surface area contributed by atoms with Crippen LogP contribution in [0.2, 0.25) is 0 Å². The lowest BCUT2D eigenvalue weighted by Crippen LogP contribution is -2.30. The zero-order valence-corrected chi connectivity index (χ0v) is 39.8. The Hall–Kier alpha value is -3.93. The summed E-state index contributed by atoms with van der Waals surface area (Å²) in [4.78, 5) is 37.9. The molecule has 0 bridgehead atoms. The number of unbranched alkanes of at least 4 members (excludes halogenated alkanes) is 18. The number of carbonyl (C=O) groups is 3. The summed E-state index contributed by atoms with van der Waals surface area (Å²) in [6.07, 6.45) is 66.5. The Morgan fingerprint density at radius 3 is 1.21 bits per heavy atom. The van der Waals surface area contributed by atoms with Gasteiger partial charge in [0.25, 0.3) is 0 Å². The van der Waals surface area contributed by atoms with E-state index in [9.17, 15) is 14.4 Å². The van der Waals surface area contributed by atoms with E-state index in [1.54, 1.807) is 0 Å². The van der Waals surface area contributed by atoms with Crippen LogP contribution < -0.4 is 0 Å². The van der Waals surface area contributed by atoms with Crippen LogP contribution in [0.4, 0.5) is 0 Å². The minimum absolute atomic E-state index is 0.110. The van der Waals surface area contributed by atoms with Crippen molar-refractivity contribution in [1.29, 1.82) is 0 Å². The molecule has 0 heterocycles. The largest absolute Gasteiger partial charge is 0.462 e. The van der Waals surface area contributed by atoms with Crippen LogP contribution in [0.15, 0.2) is 109 Å². The summed E-state index contributed by atoms with van der Waals surface area (Å²) in [7, 11) is 0. The van der Waals surface area contributed by atoms with Crippen LogP contribution in [0.1, 0.15) is 207 Å². The fourth-order valence-corrected chi connectivity index (χ4v) is 6.42. The lowest BCUT2D eigenvalue weighted by molar-refractivity contribution is -0.167. The van der Waals surface area contributed by atoms with Gasteiger partial charge in [-0.2, -0.15) is 0 Å². The van der Waals surface area contributed by atoms with Crippen LogP contribution in [-0.2, 0) is 28.6 Å². The fourth-order valence-electron chi connectivity index (χ4n) is 6.42. The number of ether oxygens (including phenoxy) is 3. The average molecular weight is 859 g/mol. The van der Waals surface area contributed by atoms with Gasteiger partial charge in [0.2, 0.25) is 0 Å². The maximum absolute atomic E-state index is 12.8. The minimum Gasteiger partial charge on any atom is -0.462 e. The fraction of sp³-hybridized carbons (Fsp3) is 0.625. The molecule has 0 saturated carbocycles. The van der Waals surface area contributed by atoms with Crippen LogP contribution in [0.5, 0.6) is 0 Å². The summed E-state index contributed by atoms with van der Waals surface area (Å²) >= 11 is 0. The minimum atomic E-state index is -0.815. The molecule has 0 rings (SSSR count). The van der Waals surface area contributed by atoms with Crippen molar-refractivity contribution in [2.45, 2.75) is 213 Å². The summed E-state index contributed by atoms with van der Waals surface area (Å²) in [6.45, 7) is 6.27. The third-order valence-electron chi connectivity index (χ3n) is 10.1. The number of hydrogen-bond donors (Lipinski definition) is 0. The van der Waals surface area contributed by atoms with Crippen LogP contribution in [0.25, 0.3) is 0 Å². The predicted molar refractivity (Wildman–Crippen MR) is 265 cm³/mol. The molecule has 6 heteroatoms. The van der Waals surface area contributed by atoms with Crippen LogP contribution >= 0.6 is 0 Å². The van der Waals surface area contributed by atoms with E-state index >= 15 is 0 Å². The molecule has 62 heavy (non-hydrogen) atoms. The highest BCUT2D eigenvalue weighted by molar-refractivity contribution is 5.71. The Bertz CT molecular complexity index is 1310. The molecule has 0 aliphatic carbocycles. The molecule has 350 valence electrons. The van der Waals surface area contributed by atoms with Gasteiger partial charge in [-0.1, -0.05) is 207 Å². The van der Waals surface area contributed by atoms with Crippen LogP contribution in [0.3, 0.4) is 0 Å². The summed E-state index contributed by atoms with van der Waals surface area (Å²) in [5.41, 5.74) is 0. The molecule has 6 nitrogen and oxygen atoms in total. The van der Waals surface area contributed by atoms with Gasteiger partial charge in [-0.25, -0.2) is 0 Å². The molecule has 0 fully saturated rings. The van der Waals surface area contributed by atoms with Gasteiger partial charge < -0.3 is 14.2 Å². The lowest BCUT2D eigenvalue weighted by Gasteiger charge is -2.18. The second-order valence-corrected chi connectivity index (χ2v) is 16.1. The lowest BCUT2D eigenvalue weighted by atomic mass is 10.1. The molecule has 0 aliphatic rings. The molecule has 0 aromatic carbocycles. The van der Waals surface area contributed by atoms with Gasteiger partial charge in [-0.15, -0.1) is 0 Å². The smallest absolute Gasteiger partial charge is 0.306 e. The Morgan fingerprint density at radius 1 is 0.355 bits per heavy atom. The highest BCUT2D eigenvalue weighted by Crippen LogP contribution is 2.13. The van der Waals surface area contributed by atoms with Crippen molar-refractivity contribution in [3.05, 3.63) is 109 Å². The van der Waals surface area contributed by atoms with Gasteiger partial charge in [0, 0.05) is 19.3 Å². The number of allylic oxidation sites excluding steroid dienone is 18. The second kappa shape index (κ2) is 49.7. The van der Waals surface area contributed by atoms with E-state index in [4.69, 9.17) is 14.2 Å². The zero-order chi connectivity index (χ0) is 45.1. The standard InChI is InChI=1S/C56H90O6/c1-4-7-10-13-16-19-22-25-27-28-29-32-34-37-40-43-46-49-55(58)61-52-53(51-60-54(57)48-45-42-39-36-33-30-24-21-18-15-12-9-6-3)62-56(59)50-47-44-41-38-35-31-26-23-20-17-14-11-8-5-2/h8-9,11-12,15-21,24-25,27,30,33,36,39,53H,4-7,10,13-14,22-23,26,28-29,31-32,34-35,37-38,40-52H2,1-3H3/b11-8-,12-9-,18-15-,19-16-,20-17-,24-21-,27-25-,33-30-,39-36-. The Balaban J connectivity index is 4.50. The number of hydrogen-bond acceptors (Lipinski definition) is 6. The van der Waals surface area contributed by atoms with Gasteiger partial charge in [-0.3, -0.25) is 14.4 Å². The van der Waals surface area contributed by atoms with E-state index in [1.807, 2.05) is 54.7 Å². The summed E-state index contributed by atoms with van der Waals surface area (Å²) in [5, 5.41) is 0. The van der Waals surface area contributed by atoms with Crippen LogP contribution in [-0.4, -0.2) is 37.2 Å². The first-order valence-electron chi connectivity index (χ1n) is 25.0. The third-order valence-corrected chi connectivity index (χ3v) is 10.1. The highest BCUT2D eigenvalue weighted by Gasteiger charge is 2.19.